The van der Waals surface area contributed by atoms with Crippen LogP contribution in [0.1, 0.15) is 18.4 Å². The number of nitrogens with one attached hydrogen (secondary N) is 1. The number of ether oxygens (including phenoxy) is 2. The minimum atomic E-state index is -3.78. The Morgan fingerprint density at radius 2 is 1.79 bits per heavy atom. The van der Waals surface area contributed by atoms with Gasteiger partial charge in [-0.2, -0.15) is 4.31 Å². The molecule has 1 aliphatic rings. The Hall–Kier alpha value is -2.29. The van der Waals surface area contributed by atoms with Crippen LogP contribution >= 0.6 is 11.6 Å². The zero-order valence-electron chi connectivity index (χ0n) is 16.4. The van der Waals surface area contributed by atoms with Crippen LogP contribution in [0.25, 0.3) is 0 Å². The molecule has 0 spiro atoms. The summed E-state index contributed by atoms with van der Waals surface area (Å²) in [6.07, 6.45) is 1.03. The van der Waals surface area contributed by atoms with E-state index in [9.17, 15) is 13.2 Å². The molecule has 0 aromatic heterocycles. The van der Waals surface area contributed by atoms with E-state index in [1.807, 2.05) is 6.92 Å². The van der Waals surface area contributed by atoms with Crippen LogP contribution < -0.4 is 14.8 Å². The Balaban J connectivity index is 1.86. The lowest BCUT2D eigenvalue weighted by molar-refractivity contribution is -0.119. The minimum Gasteiger partial charge on any atom is -0.495 e. The van der Waals surface area contributed by atoms with Gasteiger partial charge in [0.1, 0.15) is 17.5 Å². The molecular weight excluding hydrogens is 416 g/mol. The number of hydrogen-bond acceptors (Lipinski definition) is 5. The number of nitrogens with zero attached hydrogens (tertiary/aromatic N) is 1. The average molecular weight is 439 g/mol. The summed E-state index contributed by atoms with van der Waals surface area (Å²) in [5.74, 6) is 0.342. The fourth-order valence-corrected chi connectivity index (χ4v) is 5.21. The molecule has 7 nitrogen and oxygen atoms in total. The first kappa shape index (κ1) is 21.4. The quantitative estimate of drug-likeness (QED) is 0.746. The van der Waals surface area contributed by atoms with Crippen molar-refractivity contribution < 1.29 is 22.7 Å². The monoisotopic (exact) mass is 438 g/mol. The van der Waals surface area contributed by atoms with Crippen LogP contribution in [0.2, 0.25) is 5.02 Å². The van der Waals surface area contributed by atoms with Crippen molar-refractivity contribution in [2.24, 2.45) is 0 Å². The third-order valence-corrected chi connectivity index (χ3v) is 7.08. The number of anilines is 1. The van der Waals surface area contributed by atoms with Gasteiger partial charge in [-0.3, -0.25) is 4.79 Å². The SMILES string of the molecule is COc1cc(OC)c(NC(=O)[C@@H]2CCCN2S(=O)(=O)c2ccc(C)cc2)cc1Cl. The number of sulfonamides is 1. The number of benzene rings is 2. The van der Waals surface area contributed by atoms with E-state index < -0.39 is 22.0 Å². The van der Waals surface area contributed by atoms with E-state index in [0.717, 1.165) is 5.56 Å². The fraction of sp³-hybridized carbons (Fsp3) is 0.350. The highest BCUT2D eigenvalue weighted by Gasteiger charge is 2.39. The molecular formula is C20H23ClN2O5S. The third kappa shape index (κ3) is 4.34. The van der Waals surface area contributed by atoms with Crippen molar-refractivity contribution in [2.75, 3.05) is 26.1 Å². The predicted molar refractivity (Wildman–Crippen MR) is 111 cm³/mol. The van der Waals surface area contributed by atoms with Crippen LogP contribution in [0.4, 0.5) is 5.69 Å². The predicted octanol–water partition coefficient (Wildman–Crippen LogP) is 3.46. The van der Waals surface area contributed by atoms with Crippen LogP contribution in [0.15, 0.2) is 41.3 Å². The summed E-state index contributed by atoms with van der Waals surface area (Å²) in [7, 11) is -0.843. The highest BCUT2D eigenvalue weighted by molar-refractivity contribution is 7.89. The maximum Gasteiger partial charge on any atom is 0.243 e. The number of halogens is 1. The second-order valence-electron chi connectivity index (χ2n) is 6.76. The van der Waals surface area contributed by atoms with Gasteiger partial charge in [0.25, 0.3) is 0 Å². The first-order valence-corrected chi connectivity index (χ1v) is 10.9. The van der Waals surface area contributed by atoms with Crippen molar-refractivity contribution in [3.8, 4) is 11.5 Å². The van der Waals surface area contributed by atoms with E-state index >= 15 is 0 Å². The molecule has 2 aromatic carbocycles. The van der Waals surface area contributed by atoms with Gasteiger partial charge < -0.3 is 14.8 Å². The Bertz CT molecular complexity index is 1010. The van der Waals surface area contributed by atoms with E-state index in [1.165, 1.54) is 24.6 Å². The van der Waals surface area contributed by atoms with Gasteiger partial charge in [0.15, 0.2) is 0 Å². The van der Waals surface area contributed by atoms with Gasteiger partial charge in [-0.15, -0.1) is 0 Å². The molecule has 1 atom stereocenters. The smallest absolute Gasteiger partial charge is 0.243 e. The molecule has 0 radical (unpaired) electrons. The van der Waals surface area contributed by atoms with Gasteiger partial charge in [0.2, 0.25) is 15.9 Å². The molecule has 1 saturated heterocycles. The molecule has 1 N–H and O–H groups in total. The Kier molecular flexibility index (Phi) is 6.36. The molecule has 0 aliphatic carbocycles. The maximum absolute atomic E-state index is 13.1. The van der Waals surface area contributed by atoms with Crippen LogP contribution in [0.3, 0.4) is 0 Å². The number of amides is 1. The van der Waals surface area contributed by atoms with E-state index in [1.54, 1.807) is 30.3 Å². The van der Waals surface area contributed by atoms with Gasteiger partial charge in [0, 0.05) is 12.6 Å². The molecule has 29 heavy (non-hydrogen) atoms. The lowest BCUT2D eigenvalue weighted by Crippen LogP contribution is -2.43. The van der Waals surface area contributed by atoms with E-state index in [-0.39, 0.29) is 11.4 Å². The van der Waals surface area contributed by atoms with Gasteiger partial charge >= 0.3 is 0 Å². The van der Waals surface area contributed by atoms with Crippen molar-refractivity contribution in [3.63, 3.8) is 0 Å². The normalized spacial score (nSPS) is 17.2. The maximum atomic E-state index is 13.1. The fourth-order valence-electron chi connectivity index (χ4n) is 3.31. The zero-order chi connectivity index (χ0) is 21.2. The summed E-state index contributed by atoms with van der Waals surface area (Å²) >= 11 is 6.16. The summed E-state index contributed by atoms with van der Waals surface area (Å²) < 4.78 is 37.8. The molecule has 156 valence electrons. The van der Waals surface area contributed by atoms with Crippen molar-refractivity contribution in [1.29, 1.82) is 0 Å². The summed E-state index contributed by atoms with van der Waals surface area (Å²) in [6.45, 7) is 2.17. The molecule has 0 saturated carbocycles. The van der Waals surface area contributed by atoms with Gasteiger partial charge in [-0.25, -0.2) is 8.42 Å². The molecule has 0 bridgehead atoms. The van der Waals surface area contributed by atoms with Gasteiger partial charge in [-0.05, 0) is 38.0 Å². The lowest BCUT2D eigenvalue weighted by Gasteiger charge is -2.24. The van der Waals surface area contributed by atoms with E-state index in [0.29, 0.717) is 35.1 Å². The molecule has 1 fully saturated rings. The largest absolute Gasteiger partial charge is 0.495 e. The topological polar surface area (TPSA) is 84.9 Å². The highest BCUT2D eigenvalue weighted by atomic mass is 35.5. The van der Waals surface area contributed by atoms with E-state index in [4.69, 9.17) is 21.1 Å². The second-order valence-corrected chi connectivity index (χ2v) is 9.06. The number of hydrogen-bond donors (Lipinski definition) is 1. The zero-order valence-corrected chi connectivity index (χ0v) is 18.0. The van der Waals surface area contributed by atoms with Crippen molar-refractivity contribution in [2.45, 2.75) is 30.7 Å². The van der Waals surface area contributed by atoms with Crippen LogP contribution in [0.5, 0.6) is 11.5 Å². The lowest BCUT2D eigenvalue weighted by atomic mass is 10.2. The Morgan fingerprint density at radius 1 is 1.14 bits per heavy atom. The second kappa shape index (κ2) is 8.61. The molecule has 0 unspecified atom stereocenters. The summed E-state index contributed by atoms with van der Waals surface area (Å²) in [5.41, 5.74) is 1.31. The molecule has 1 aliphatic heterocycles. The van der Waals surface area contributed by atoms with Crippen molar-refractivity contribution in [3.05, 3.63) is 47.0 Å². The number of carbonyl (C=O) groups excluding carboxylic acids is 1. The van der Waals surface area contributed by atoms with Crippen LogP contribution in [0, 0.1) is 6.92 Å². The minimum absolute atomic E-state index is 0.174. The highest BCUT2D eigenvalue weighted by Crippen LogP contribution is 2.36. The summed E-state index contributed by atoms with van der Waals surface area (Å²) in [6, 6.07) is 8.86. The molecule has 1 heterocycles. The first-order valence-electron chi connectivity index (χ1n) is 9.09. The molecule has 3 rings (SSSR count). The van der Waals surface area contributed by atoms with E-state index in [2.05, 4.69) is 5.32 Å². The summed E-state index contributed by atoms with van der Waals surface area (Å²) in [5, 5.41) is 3.05. The number of rotatable bonds is 6. The van der Waals surface area contributed by atoms with Crippen molar-refractivity contribution in [1.82, 2.24) is 4.31 Å². The molecule has 2 aromatic rings. The average Bonchev–Trinajstić information content (AvgIpc) is 3.19. The third-order valence-electron chi connectivity index (χ3n) is 4.87. The summed E-state index contributed by atoms with van der Waals surface area (Å²) in [4.78, 5) is 13.1. The standard InChI is InChI=1S/C20H23ClN2O5S/c1-13-6-8-14(9-7-13)29(25,26)23-10-4-5-17(23)20(24)22-16-11-15(21)18(27-2)12-19(16)28-3/h6-9,11-12,17H,4-5,10H2,1-3H3,(H,22,24)/t17-/m0/s1. The first-order chi connectivity index (χ1) is 13.8. The number of aryl methyl sites for hydroxylation is 1. The molecule has 9 heteroatoms. The molecule has 1 amide bonds. The Labute approximate surface area is 175 Å². The van der Waals surface area contributed by atoms with Crippen molar-refractivity contribution >= 4 is 33.2 Å². The van der Waals surface area contributed by atoms with Gasteiger partial charge in [0.05, 0.1) is 29.8 Å². The number of carbonyl (C=O) groups is 1. The van der Waals surface area contributed by atoms with Crippen LogP contribution in [-0.2, 0) is 14.8 Å². The van der Waals surface area contributed by atoms with Gasteiger partial charge in [-0.1, -0.05) is 29.3 Å². The Morgan fingerprint density at radius 3 is 2.41 bits per heavy atom. The number of methoxy groups -OCH3 is 2. The van der Waals surface area contributed by atoms with Crippen LogP contribution in [-0.4, -0.2) is 45.4 Å².